The molecule has 0 bridgehead atoms. The second kappa shape index (κ2) is 7.80. The van der Waals surface area contributed by atoms with Crippen molar-refractivity contribution in [1.29, 1.82) is 0 Å². The highest BCUT2D eigenvalue weighted by atomic mass is 35.5. The maximum atomic E-state index is 12.4. The largest absolute Gasteiger partial charge is 0.495 e. The number of halogens is 2. The smallest absolute Gasteiger partial charge is 0.411 e. The molecule has 7 nitrogen and oxygen atoms in total. The van der Waals surface area contributed by atoms with E-state index in [1.165, 1.54) is 12.0 Å². The molecule has 9 heteroatoms. The highest BCUT2D eigenvalue weighted by Crippen LogP contribution is 2.41. The van der Waals surface area contributed by atoms with E-state index in [1.54, 1.807) is 32.9 Å². The first-order valence-corrected chi connectivity index (χ1v) is 8.86. The monoisotopic (exact) mass is 403 g/mol. The summed E-state index contributed by atoms with van der Waals surface area (Å²) in [6, 6.07) is 2.47. The minimum atomic E-state index is -0.863. The molecule has 0 spiro atoms. The van der Waals surface area contributed by atoms with Crippen LogP contribution in [0.3, 0.4) is 0 Å². The third kappa shape index (κ3) is 4.45. The lowest BCUT2D eigenvalue weighted by atomic mass is 10.1. The molecule has 2 N–H and O–H groups in total. The lowest BCUT2D eigenvalue weighted by Crippen LogP contribution is -2.60. The maximum Gasteiger partial charge on any atom is 0.411 e. The minimum Gasteiger partial charge on any atom is -0.495 e. The van der Waals surface area contributed by atoms with Crippen LogP contribution in [-0.4, -0.2) is 55.3 Å². The molecule has 0 saturated carbocycles. The first-order valence-electron chi connectivity index (χ1n) is 8.11. The summed E-state index contributed by atoms with van der Waals surface area (Å²) in [5.74, 6) is -0.106. The zero-order chi connectivity index (χ0) is 19.6. The fraction of sp³-hybridized carbons (Fsp3) is 0.529. The Hall–Kier alpha value is -1.86. The predicted molar refractivity (Wildman–Crippen MR) is 101 cm³/mol. The van der Waals surface area contributed by atoms with Crippen LogP contribution in [-0.2, 0) is 9.53 Å². The maximum absolute atomic E-state index is 12.4. The number of benzene rings is 1. The molecule has 26 heavy (non-hydrogen) atoms. The molecule has 1 fully saturated rings. The second-order valence-corrected chi connectivity index (χ2v) is 7.74. The van der Waals surface area contributed by atoms with Crippen LogP contribution in [0.25, 0.3) is 0 Å². The number of ether oxygens (including phenoxy) is 2. The van der Waals surface area contributed by atoms with Gasteiger partial charge in [0.05, 0.1) is 22.8 Å². The summed E-state index contributed by atoms with van der Waals surface area (Å²) in [5.41, 5.74) is 5.43. The molecule has 1 aromatic rings. The van der Waals surface area contributed by atoms with Crippen molar-refractivity contribution >= 4 is 40.9 Å². The van der Waals surface area contributed by atoms with Crippen LogP contribution in [0.2, 0.25) is 10.0 Å². The predicted octanol–water partition coefficient (Wildman–Crippen LogP) is 2.91. The molecule has 1 aliphatic heterocycles. The van der Waals surface area contributed by atoms with Crippen LogP contribution >= 0.6 is 23.2 Å². The molecular weight excluding hydrogens is 381 g/mol. The standard InChI is InChI=1S/C17H23Cl2N3O4/c1-17(2,3)26-16(24)22-8-7-21(9-11(22)15(20)23)14-12(25-4)6-5-10(18)13(14)19/h5-6,11H,7-9H2,1-4H3,(H2,20,23). The molecule has 1 unspecified atom stereocenters. The lowest BCUT2D eigenvalue weighted by Gasteiger charge is -2.41. The fourth-order valence-electron chi connectivity index (χ4n) is 2.75. The molecule has 1 aliphatic rings. The molecule has 1 atom stereocenters. The van der Waals surface area contributed by atoms with Gasteiger partial charge in [0.2, 0.25) is 5.91 Å². The number of hydrogen-bond donors (Lipinski definition) is 1. The molecule has 1 heterocycles. The average Bonchev–Trinajstić information content (AvgIpc) is 2.55. The number of carbonyl (C=O) groups is 2. The fourth-order valence-corrected chi connectivity index (χ4v) is 3.18. The van der Waals surface area contributed by atoms with E-state index in [-0.39, 0.29) is 13.1 Å². The number of amides is 2. The van der Waals surface area contributed by atoms with E-state index in [1.807, 2.05) is 4.90 Å². The number of piperazine rings is 1. The van der Waals surface area contributed by atoms with Gasteiger partial charge in [0.15, 0.2) is 0 Å². The van der Waals surface area contributed by atoms with E-state index >= 15 is 0 Å². The molecule has 144 valence electrons. The Morgan fingerprint density at radius 2 is 1.88 bits per heavy atom. The number of carbonyl (C=O) groups excluding carboxylic acids is 2. The van der Waals surface area contributed by atoms with E-state index in [9.17, 15) is 9.59 Å². The van der Waals surface area contributed by atoms with Crippen molar-refractivity contribution in [2.24, 2.45) is 5.73 Å². The van der Waals surface area contributed by atoms with E-state index in [0.717, 1.165) is 0 Å². The van der Waals surface area contributed by atoms with Gasteiger partial charge in [-0.05, 0) is 32.9 Å². The summed E-state index contributed by atoms with van der Waals surface area (Å²) in [6.45, 7) is 6.10. The highest BCUT2D eigenvalue weighted by molar-refractivity contribution is 6.44. The zero-order valence-electron chi connectivity index (χ0n) is 15.2. The van der Waals surface area contributed by atoms with Crippen LogP contribution in [0, 0.1) is 0 Å². The number of nitrogens with zero attached hydrogens (tertiary/aromatic N) is 2. The molecular formula is C17H23Cl2N3O4. The van der Waals surface area contributed by atoms with Gasteiger partial charge >= 0.3 is 6.09 Å². The normalized spacial score (nSPS) is 17.8. The third-order valence-electron chi connectivity index (χ3n) is 3.90. The van der Waals surface area contributed by atoms with Gasteiger partial charge in [-0.25, -0.2) is 4.79 Å². The third-order valence-corrected chi connectivity index (χ3v) is 4.70. The Labute approximate surface area is 162 Å². The molecule has 0 aliphatic carbocycles. The van der Waals surface area contributed by atoms with Crippen molar-refractivity contribution in [3.05, 3.63) is 22.2 Å². The van der Waals surface area contributed by atoms with Gasteiger partial charge < -0.3 is 20.1 Å². The van der Waals surface area contributed by atoms with Gasteiger partial charge in [0.1, 0.15) is 17.4 Å². The summed E-state index contributed by atoms with van der Waals surface area (Å²) >= 11 is 12.5. The molecule has 1 aromatic carbocycles. The molecule has 2 amide bonds. The SMILES string of the molecule is COc1ccc(Cl)c(Cl)c1N1CCN(C(=O)OC(C)(C)C)C(C(N)=O)C1. The molecule has 1 saturated heterocycles. The number of nitrogens with two attached hydrogens (primary N) is 1. The van der Waals surface area contributed by atoms with E-state index in [0.29, 0.717) is 28.0 Å². The first kappa shape index (κ1) is 20.5. The Morgan fingerprint density at radius 1 is 1.23 bits per heavy atom. The van der Waals surface area contributed by atoms with Gasteiger partial charge in [0, 0.05) is 19.6 Å². The highest BCUT2D eigenvalue weighted by Gasteiger charge is 2.37. The van der Waals surface area contributed by atoms with Crippen molar-refractivity contribution in [3.8, 4) is 5.75 Å². The van der Waals surface area contributed by atoms with Gasteiger partial charge in [-0.2, -0.15) is 0 Å². The van der Waals surface area contributed by atoms with Crippen LogP contribution in [0.1, 0.15) is 20.8 Å². The molecule has 0 radical (unpaired) electrons. The number of rotatable bonds is 3. The molecule has 0 aromatic heterocycles. The van der Waals surface area contributed by atoms with Crippen molar-refractivity contribution in [3.63, 3.8) is 0 Å². The Balaban J connectivity index is 2.30. The number of primary amides is 1. The van der Waals surface area contributed by atoms with Crippen molar-refractivity contribution in [2.45, 2.75) is 32.4 Å². The van der Waals surface area contributed by atoms with Crippen molar-refractivity contribution in [1.82, 2.24) is 4.90 Å². The Morgan fingerprint density at radius 3 is 2.42 bits per heavy atom. The Kier molecular flexibility index (Phi) is 6.13. The minimum absolute atomic E-state index is 0.158. The number of anilines is 1. The van der Waals surface area contributed by atoms with Crippen molar-refractivity contribution in [2.75, 3.05) is 31.6 Å². The number of methoxy groups -OCH3 is 1. The quantitative estimate of drug-likeness (QED) is 0.838. The number of hydrogen-bond acceptors (Lipinski definition) is 5. The van der Waals surface area contributed by atoms with E-state index in [2.05, 4.69) is 0 Å². The van der Waals surface area contributed by atoms with Crippen LogP contribution in [0.5, 0.6) is 5.75 Å². The average molecular weight is 404 g/mol. The summed E-state index contributed by atoms with van der Waals surface area (Å²) in [6.07, 6.45) is -0.579. The van der Waals surface area contributed by atoms with Gasteiger partial charge in [-0.3, -0.25) is 9.69 Å². The topological polar surface area (TPSA) is 85.1 Å². The summed E-state index contributed by atoms with van der Waals surface area (Å²) in [7, 11) is 1.52. The summed E-state index contributed by atoms with van der Waals surface area (Å²) < 4.78 is 10.7. The van der Waals surface area contributed by atoms with Gasteiger partial charge in [-0.1, -0.05) is 23.2 Å². The van der Waals surface area contributed by atoms with Crippen LogP contribution < -0.4 is 15.4 Å². The summed E-state index contributed by atoms with van der Waals surface area (Å²) in [5, 5.41) is 0.688. The van der Waals surface area contributed by atoms with Gasteiger partial charge in [0.25, 0.3) is 0 Å². The molecule has 2 rings (SSSR count). The van der Waals surface area contributed by atoms with E-state index < -0.39 is 23.6 Å². The van der Waals surface area contributed by atoms with E-state index in [4.69, 9.17) is 38.4 Å². The lowest BCUT2D eigenvalue weighted by molar-refractivity contribution is -0.123. The summed E-state index contributed by atoms with van der Waals surface area (Å²) in [4.78, 5) is 27.6. The zero-order valence-corrected chi connectivity index (χ0v) is 16.7. The van der Waals surface area contributed by atoms with Gasteiger partial charge in [-0.15, -0.1) is 0 Å². The van der Waals surface area contributed by atoms with Crippen molar-refractivity contribution < 1.29 is 19.1 Å². The first-order chi connectivity index (χ1) is 12.0. The Bertz CT molecular complexity index is 706. The second-order valence-electron chi connectivity index (χ2n) is 6.95. The van der Waals surface area contributed by atoms with Crippen LogP contribution in [0.15, 0.2) is 12.1 Å². The van der Waals surface area contributed by atoms with Crippen LogP contribution in [0.4, 0.5) is 10.5 Å².